The number of aliphatic hydroxyl groups excluding tert-OH is 1. The Balaban J connectivity index is 1.51. The predicted octanol–water partition coefficient (Wildman–Crippen LogP) is 4.37. The maximum absolute atomic E-state index is 10.6. The summed E-state index contributed by atoms with van der Waals surface area (Å²) in [5, 5.41) is 10.6. The van der Waals surface area contributed by atoms with E-state index in [1.807, 2.05) is 23.1 Å². The van der Waals surface area contributed by atoms with Crippen LogP contribution in [0.5, 0.6) is 0 Å². The molecule has 1 aromatic heterocycles. The van der Waals surface area contributed by atoms with Crippen molar-refractivity contribution in [1.29, 1.82) is 0 Å². The largest absolute Gasteiger partial charge is 0.387 e. The molecule has 20 heavy (non-hydrogen) atoms. The number of rotatable bonds is 3. The molecule has 3 unspecified atom stereocenters. The molecule has 3 heteroatoms. The van der Waals surface area contributed by atoms with Crippen LogP contribution in [-0.2, 0) is 12.2 Å². The molecular formula is C17H18OS2. The molecule has 2 aliphatic rings. The summed E-state index contributed by atoms with van der Waals surface area (Å²) in [5.41, 5.74) is 2.85. The molecule has 4 rings (SSSR count). The first-order valence-electron chi connectivity index (χ1n) is 7.25. The molecule has 2 aromatic rings. The highest BCUT2D eigenvalue weighted by atomic mass is 32.2. The lowest BCUT2D eigenvalue weighted by molar-refractivity contribution is 0.155. The first-order chi connectivity index (χ1) is 9.83. The minimum Gasteiger partial charge on any atom is -0.387 e. The quantitative estimate of drug-likeness (QED) is 0.908. The van der Waals surface area contributed by atoms with Gasteiger partial charge in [0.05, 0.1) is 6.10 Å². The Hall–Kier alpha value is -0.770. The lowest BCUT2D eigenvalue weighted by Gasteiger charge is -2.08. The molecule has 1 saturated carbocycles. The van der Waals surface area contributed by atoms with E-state index in [9.17, 15) is 5.11 Å². The molecule has 0 radical (unpaired) electrons. The van der Waals surface area contributed by atoms with E-state index in [1.165, 1.54) is 33.1 Å². The van der Waals surface area contributed by atoms with Crippen LogP contribution in [0.3, 0.4) is 0 Å². The highest BCUT2D eigenvalue weighted by Gasteiger charge is 2.44. The molecule has 0 spiro atoms. The third-order valence-corrected chi connectivity index (χ3v) is 6.73. The predicted molar refractivity (Wildman–Crippen MR) is 86.4 cm³/mol. The second-order valence-electron chi connectivity index (χ2n) is 5.76. The lowest BCUT2D eigenvalue weighted by Crippen LogP contribution is -1.99. The standard InChI is InChI=1S/C17H18OS2/c18-17(14-9-13(14)11-4-2-1-3-5-11)16-8-12-10-19-7-6-15(12)20-16/h1-5,8,13-14,17-18H,6-7,9-10H2. The van der Waals surface area contributed by atoms with Gasteiger partial charge in [0.2, 0.25) is 0 Å². The smallest absolute Gasteiger partial charge is 0.0916 e. The Morgan fingerprint density at radius 3 is 2.85 bits per heavy atom. The van der Waals surface area contributed by atoms with Crippen LogP contribution in [0, 0.1) is 5.92 Å². The van der Waals surface area contributed by atoms with E-state index in [0.717, 1.165) is 12.2 Å². The maximum atomic E-state index is 10.6. The maximum Gasteiger partial charge on any atom is 0.0916 e. The Labute approximate surface area is 128 Å². The molecule has 1 aromatic carbocycles. The van der Waals surface area contributed by atoms with Crippen molar-refractivity contribution in [2.45, 2.75) is 30.6 Å². The van der Waals surface area contributed by atoms with Crippen LogP contribution in [0.1, 0.15) is 39.3 Å². The number of benzene rings is 1. The van der Waals surface area contributed by atoms with E-state index >= 15 is 0 Å². The fraction of sp³-hybridized carbons (Fsp3) is 0.412. The molecule has 2 heterocycles. The van der Waals surface area contributed by atoms with Crippen molar-refractivity contribution in [3.63, 3.8) is 0 Å². The van der Waals surface area contributed by atoms with E-state index in [0.29, 0.717) is 11.8 Å². The molecule has 1 aliphatic carbocycles. The molecule has 3 atom stereocenters. The van der Waals surface area contributed by atoms with E-state index in [1.54, 1.807) is 0 Å². The van der Waals surface area contributed by atoms with E-state index in [-0.39, 0.29) is 6.10 Å². The zero-order chi connectivity index (χ0) is 13.5. The summed E-state index contributed by atoms with van der Waals surface area (Å²) in [5.74, 6) is 3.34. The Bertz CT molecular complexity index is 581. The number of aryl methyl sites for hydroxylation is 1. The summed E-state index contributed by atoms with van der Waals surface area (Å²) in [6.45, 7) is 0. The van der Waals surface area contributed by atoms with Crippen molar-refractivity contribution in [1.82, 2.24) is 0 Å². The van der Waals surface area contributed by atoms with Gasteiger partial charge in [0, 0.05) is 15.5 Å². The van der Waals surface area contributed by atoms with Crippen molar-refractivity contribution in [2.75, 3.05) is 5.75 Å². The van der Waals surface area contributed by atoms with Gasteiger partial charge in [-0.1, -0.05) is 30.3 Å². The average Bonchev–Trinajstić information content (AvgIpc) is 3.18. The number of aliphatic hydroxyl groups is 1. The van der Waals surface area contributed by atoms with Gasteiger partial charge in [0.15, 0.2) is 0 Å². The summed E-state index contributed by atoms with van der Waals surface area (Å²) in [7, 11) is 0. The topological polar surface area (TPSA) is 20.2 Å². The first-order valence-corrected chi connectivity index (χ1v) is 9.22. The minimum absolute atomic E-state index is 0.263. The molecule has 0 bridgehead atoms. The summed E-state index contributed by atoms with van der Waals surface area (Å²) in [6, 6.07) is 12.9. The van der Waals surface area contributed by atoms with Crippen LogP contribution >= 0.6 is 23.1 Å². The number of hydrogen-bond acceptors (Lipinski definition) is 3. The van der Waals surface area contributed by atoms with Crippen LogP contribution < -0.4 is 0 Å². The summed E-state index contributed by atoms with van der Waals surface area (Å²) < 4.78 is 0. The van der Waals surface area contributed by atoms with Gasteiger partial charge in [-0.3, -0.25) is 0 Å². The van der Waals surface area contributed by atoms with Crippen molar-refractivity contribution in [3.8, 4) is 0 Å². The number of thiophene rings is 1. The van der Waals surface area contributed by atoms with Crippen molar-refractivity contribution < 1.29 is 5.11 Å². The highest BCUT2D eigenvalue weighted by Crippen LogP contribution is 2.55. The minimum atomic E-state index is -0.263. The van der Waals surface area contributed by atoms with Gasteiger partial charge < -0.3 is 5.11 Å². The lowest BCUT2D eigenvalue weighted by atomic mass is 10.1. The van der Waals surface area contributed by atoms with Gasteiger partial charge in [0.25, 0.3) is 0 Å². The van der Waals surface area contributed by atoms with Crippen LogP contribution in [0.2, 0.25) is 0 Å². The molecule has 0 saturated heterocycles. The molecule has 1 nitrogen and oxygen atoms in total. The van der Waals surface area contributed by atoms with Crippen molar-refractivity contribution in [3.05, 3.63) is 57.3 Å². The molecule has 1 N–H and O–H groups in total. The van der Waals surface area contributed by atoms with Gasteiger partial charge >= 0.3 is 0 Å². The SMILES string of the molecule is OC(c1cc2c(s1)CCSC2)C1CC1c1ccccc1. The number of hydrogen-bond donors (Lipinski definition) is 1. The van der Waals surface area contributed by atoms with E-state index in [4.69, 9.17) is 0 Å². The molecular weight excluding hydrogens is 284 g/mol. The van der Waals surface area contributed by atoms with Crippen LogP contribution in [0.15, 0.2) is 36.4 Å². The van der Waals surface area contributed by atoms with E-state index in [2.05, 4.69) is 36.4 Å². The van der Waals surface area contributed by atoms with Gasteiger partial charge in [-0.05, 0) is 47.6 Å². The fourth-order valence-electron chi connectivity index (χ4n) is 3.17. The monoisotopic (exact) mass is 302 g/mol. The number of fused-ring (bicyclic) bond motifs is 1. The third-order valence-electron chi connectivity index (χ3n) is 4.41. The zero-order valence-corrected chi connectivity index (χ0v) is 12.9. The summed E-state index contributed by atoms with van der Waals surface area (Å²) >= 11 is 3.85. The average molecular weight is 302 g/mol. The van der Waals surface area contributed by atoms with Gasteiger partial charge in [-0.15, -0.1) is 11.3 Å². The third kappa shape index (κ3) is 2.32. The van der Waals surface area contributed by atoms with Crippen LogP contribution in [-0.4, -0.2) is 10.9 Å². The van der Waals surface area contributed by atoms with Crippen molar-refractivity contribution >= 4 is 23.1 Å². The second kappa shape index (κ2) is 5.21. The van der Waals surface area contributed by atoms with E-state index < -0.39 is 0 Å². The molecule has 1 fully saturated rings. The molecule has 1 aliphatic heterocycles. The fourth-order valence-corrected chi connectivity index (χ4v) is 5.61. The van der Waals surface area contributed by atoms with Crippen molar-refractivity contribution in [2.24, 2.45) is 5.92 Å². The van der Waals surface area contributed by atoms with Gasteiger partial charge in [0.1, 0.15) is 0 Å². The van der Waals surface area contributed by atoms with Gasteiger partial charge in [-0.2, -0.15) is 11.8 Å². The Morgan fingerprint density at radius 2 is 2.05 bits per heavy atom. The second-order valence-corrected chi connectivity index (χ2v) is 8.03. The molecule has 0 amide bonds. The van der Waals surface area contributed by atoms with Gasteiger partial charge in [-0.25, -0.2) is 0 Å². The number of thioether (sulfide) groups is 1. The summed E-state index contributed by atoms with van der Waals surface area (Å²) in [6.07, 6.45) is 2.05. The first kappa shape index (κ1) is 12.9. The van der Waals surface area contributed by atoms with Crippen LogP contribution in [0.25, 0.3) is 0 Å². The normalized spacial score (nSPS) is 26.1. The Morgan fingerprint density at radius 1 is 1.20 bits per heavy atom. The molecule has 104 valence electrons. The Kier molecular flexibility index (Phi) is 3.37. The highest BCUT2D eigenvalue weighted by molar-refractivity contribution is 7.98. The zero-order valence-electron chi connectivity index (χ0n) is 11.3. The summed E-state index contributed by atoms with van der Waals surface area (Å²) in [4.78, 5) is 2.70. The van der Waals surface area contributed by atoms with Crippen LogP contribution in [0.4, 0.5) is 0 Å².